The van der Waals surface area contributed by atoms with E-state index >= 15 is 0 Å². The minimum Gasteiger partial charge on any atom is -0.487 e. The number of pyridine rings is 1. The van der Waals surface area contributed by atoms with E-state index in [0.717, 1.165) is 31.7 Å². The molecule has 5 aromatic rings. The van der Waals surface area contributed by atoms with Gasteiger partial charge in [-0.25, -0.2) is 0 Å². The Morgan fingerprint density at radius 1 is 0.655 bits per heavy atom. The molecule has 0 atom stereocenters. The molecule has 2 heterocycles. The van der Waals surface area contributed by atoms with E-state index in [4.69, 9.17) is 4.74 Å². The first-order valence-electron chi connectivity index (χ1n) is 10.4. The van der Waals surface area contributed by atoms with Gasteiger partial charge in [-0.15, -0.1) is 0 Å². The number of aromatic nitrogens is 1. The van der Waals surface area contributed by atoms with E-state index in [1.165, 1.54) is 43.7 Å². The summed E-state index contributed by atoms with van der Waals surface area (Å²) in [5, 5.41) is 6.40. The number of nitrogens with zero attached hydrogens (tertiary/aromatic N) is 1. The Bertz CT molecular complexity index is 1330. The van der Waals surface area contributed by atoms with Crippen molar-refractivity contribution in [1.29, 1.82) is 0 Å². The van der Waals surface area contributed by atoms with Crippen LogP contribution in [0.1, 0.15) is 12.8 Å². The summed E-state index contributed by atoms with van der Waals surface area (Å²) in [7, 11) is 0. The van der Waals surface area contributed by atoms with Crippen LogP contribution in [-0.4, -0.2) is 6.61 Å². The van der Waals surface area contributed by atoms with Crippen molar-refractivity contribution in [3.05, 3.63) is 84.9 Å². The normalized spacial score (nSPS) is 13.9. The molecule has 0 radical (unpaired) electrons. The van der Waals surface area contributed by atoms with Crippen LogP contribution in [0.25, 0.3) is 43.7 Å². The molecule has 0 spiro atoms. The first-order valence-corrected chi connectivity index (χ1v) is 10.4. The lowest BCUT2D eigenvalue weighted by Crippen LogP contribution is -2.38. The quantitative estimate of drug-likeness (QED) is 0.248. The van der Waals surface area contributed by atoms with Crippen LogP contribution in [0.2, 0.25) is 0 Å². The maximum absolute atomic E-state index is 6.15. The second kappa shape index (κ2) is 6.59. The highest BCUT2D eigenvalue weighted by Gasteiger charge is 2.25. The number of ether oxygens (including phenoxy) is 1. The molecule has 0 amide bonds. The molecule has 0 fully saturated rings. The third kappa shape index (κ3) is 2.60. The fraction of sp³-hybridized carbons (Fsp3) is 0.148. The molecule has 1 aliphatic rings. The lowest BCUT2D eigenvalue weighted by molar-refractivity contribution is -0.661. The molecule has 0 N–H and O–H groups in total. The van der Waals surface area contributed by atoms with Crippen molar-refractivity contribution < 1.29 is 9.30 Å². The lowest BCUT2D eigenvalue weighted by Gasteiger charge is -2.16. The molecule has 0 saturated carbocycles. The minimum atomic E-state index is 0.792. The molecule has 140 valence electrons. The first-order chi connectivity index (χ1) is 14.4. The number of hydrogen-bond acceptors (Lipinski definition) is 1. The van der Waals surface area contributed by atoms with Crippen molar-refractivity contribution in [2.24, 2.45) is 0 Å². The Balaban J connectivity index is 1.79. The highest BCUT2D eigenvalue weighted by Crippen LogP contribution is 2.36. The van der Waals surface area contributed by atoms with Crippen LogP contribution in [0.4, 0.5) is 0 Å². The predicted molar refractivity (Wildman–Crippen MR) is 119 cm³/mol. The van der Waals surface area contributed by atoms with Gasteiger partial charge < -0.3 is 4.74 Å². The average Bonchev–Trinajstić information content (AvgIpc) is 2.75. The fourth-order valence-electron chi connectivity index (χ4n) is 4.75. The molecule has 29 heavy (non-hydrogen) atoms. The summed E-state index contributed by atoms with van der Waals surface area (Å²) in [6, 6.07) is 30.7. The summed E-state index contributed by atoms with van der Waals surface area (Å²) in [5.74, 6) is 0.994. The van der Waals surface area contributed by atoms with E-state index in [9.17, 15) is 0 Å². The highest BCUT2D eigenvalue weighted by atomic mass is 16.5. The van der Waals surface area contributed by atoms with Crippen LogP contribution in [0, 0.1) is 0 Å². The van der Waals surface area contributed by atoms with Crippen molar-refractivity contribution in [2.75, 3.05) is 6.61 Å². The molecule has 0 bridgehead atoms. The standard InChI is InChI=1S/C27H22NO/c1-3-11-22-20(8-1)18-21-9-2-4-12-23(21)26(22)24-15-14-19-10-7-13-25-27(19)28(24)16-5-6-17-29-25/h1-4,7-15,18H,5-6,16-17H2/q+1. The molecule has 1 aromatic heterocycles. The zero-order valence-electron chi connectivity index (χ0n) is 16.3. The summed E-state index contributed by atoms with van der Waals surface area (Å²) < 4.78 is 8.63. The third-order valence-electron chi connectivity index (χ3n) is 6.07. The Labute approximate surface area is 170 Å². The summed E-state index contributed by atoms with van der Waals surface area (Å²) in [4.78, 5) is 0. The largest absolute Gasteiger partial charge is 0.487 e. The number of hydrogen-bond donors (Lipinski definition) is 0. The summed E-state index contributed by atoms with van der Waals surface area (Å²) in [5.41, 5.74) is 3.79. The lowest BCUT2D eigenvalue weighted by atomic mass is 9.93. The maximum Gasteiger partial charge on any atom is 0.255 e. The Kier molecular flexibility index (Phi) is 3.76. The average molecular weight is 376 g/mol. The first kappa shape index (κ1) is 16.6. The second-order valence-electron chi connectivity index (χ2n) is 7.81. The van der Waals surface area contributed by atoms with Gasteiger partial charge in [-0.2, -0.15) is 4.57 Å². The smallest absolute Gasteiger partial charge is 0.255 e. The van der Waals surface area contributed by atoms with Crippen molar-refractivity contribution in [3.63, 3.8) is 0 Å². The van der Waals surface area contributed by atoms with Gasteiger partial charge in [0.1, 0.15) is 6.54 Å². The number of fused-ring (bicyclic) bond motifs is 2. The molecule has 0 unspecified atom stereocenters. The molecule has 0 saturated heterocycles. The molecule has 0 aliphatic carbocycles. The van der Waals surface area contributed by atoms with Crippen LogP contribution in [0.3, 0.4) is 0 Å². The second-order valence-corrected chi connectivity index (χ2v) is 7.81. The molecule has 4 aromatic carbocycles. The van der Waals surface area contributed by atoms with Gasteiger partial charge in [0.2, 0.25) is 5.69 Å². The van der Waals surface area contributed by atoms with Gasteiger partial charge in [0.15, 0.2) is 5.75 Å². The SMILES string of the molecule is c1ccc2c(-c3ccc4cccc5c4[n+]3CCCCO5)c3ccccc3cc2c1. The van der Waals surface area contributed by atoms with Gasteiger partial charge in [0.05, 0.1) is 17.6 Å². The van der Waals surface area contributed by atoms with Crippen LogP contribution < -0.4 is 9.30 Å². The summed E-state index contributed by atoms with van der Waals surface area (Å²) >= 11 is 0. The molecule has 2 nitrogen and oxygen atoms in total. The van der Waals surface area contributed by atoms with E-state index in [0.29, 0.717) is 0 Å². The van der Waals surface area contributed by atoms with Gasteiger partial charge in [-0.05, 0) is 52.2 Å². The minimum absolute atomic E-state index is 0.792. The molecule has 1 aliphatic heterocycles. The van der Waals surface area contributed by atoms with Crippen molar-refractivity contribution >= 4 is 32.4 Å². The monoisotopic (exact) mass is 376 g/mol. The van der Waals surface area contributed by atoms with E-state index in [1.54, 1.807) is 0 Å². The van der Waals surface area contributed by atoms with Crippen molar-refractivity contribution in [1.82, 2.24) is 0 Å². The number of rotatable bonds is 1. The van der Waals surface area contributed by atoms with Crippen LogP contribution >= 0.6 is 0 Å². The van der Waals surface area contributed by atoms with Crippen molar-refractivity contribution in [3.8, 4) is 17.0 Å². The van der Waals surface area contributed by atoms with Gasteiger partial charge >= 0.3 is 0 Å². The van der Waals surface area contributed by atoms with Gasteiger partial charge in [-0.3, -0.25) is 0 Å². The third-order valence-corrected chi connectivity index (χ3v) is 6.07. The topological polar surface area (TPSA) is 13.1 Å². The number of benzene rings is 4. The molecular formula is C27H22NO+. The zero-order chi connectivity index (χ0) is 19.2. The van der Waals surface area contributed by atoms with Gasteiger partial charge in [-0.1, -0.05) is 54.6 Å². The zero-order valence-corrected chi connectivity index (χ0v) is 16.3. The maximum atomic E-state index is 6.15. The molecule has 2 heteroatoms. The highest BCUT2D eigenvalue weighted by molar-refractivity contribution is 6.11. The molecular weight excluding hydrogens is 354 g/mol. The van der Waals surface area contributed by atoms with Gasteiger partial charge in [0.25, 0.3) is 5.52 Å². The van der Waals surface area contributed by atoms with Crippen molar-refractivity contribution in [2.45, 2.75) is 19.4 Å². The van der Waals surface area contributed by atoms with E-state index < -0.39 is 0 Å². The number of aryl methyl sites for hydroxylation is 1. The predicted octanol–water partition coefficient (Wildman–Crippen LogP) is 6.27. The Morgan fingerprint density at radius 3 is 2.17 bits per heavy atom. The van der Waals surface area contributed by atoms with E-state index in [-0.39, 0.29) is 0 Å². The Hall–Kier alpha value is -3.39. The van der Waals surface area contributed by atoms with Crippen LogP contribution in [-0.2, 0) is 6.54 Å². The van der Waals surface area contributed by atoms with Crippen LogP contribution in [0.15, 0.2) is 84.9 Å². The van der Waals surface area contributed by atoms with Crippen LogP contribution in [0.5, 0.6) is 5.75 Å². The van der Waals surface area contributed by atoms with E-state index in [1.807, 2.05) is 0 Å². The number of para-hydroxylation sites is 1. The van der Waals surface area contributed by atoms with Gasteiger partial charge in [0, 0.05) is 12.5 Å². The Morgan fingerprint density at radius 2 is 1.38 bits per heavy atom. The summed E-state index contributed by atoms with van der Waals surface area (Å²) in [6.45, 7) is 1.80. The fourth-order valence-corrected chi connectivity index (χ4v) is 4.75. The molecule has 6 rings (SSSR count). The summed E-state index contributed by atoms with van der Waals surface area (Å²) in [6.07, 6.45) is 2.20. The van der Waals surface area contributed by atoms with E-state index in [2.05, 4.69) is 89.5 Å².